The van der Waals surface area contributed by atoms with Crippen molar-refractivity contribution in [2.24, 2.45) is 5.41 Å². The highest BCUT2D eigenvalue weighted by Gasteiger charge is 2.46. The van der Waals surface area contributed by atoms with Gasteiger partial charge < -0.3 is 55.4 Å². The molecule has 0 spiro atoms. The summed E-state index contributed by atoms with van der Waals surface area (Å²) < 4.78 is 11.2. The number of benzene rings is 1. The molecule has 31 heavy (non-hydrogen) atoms. The molecule has 5 atom stereocenters. The number of rotatable bonds is 7. The van der Waals surface area contributed by atoms with Gasteiger partial charge in [0.05, 0.1) is 12.2 Å². The number of hydrogen-bond acceptors (Lipinski definition) is 11. The topological polar surface area (TPSA) is 201 Å². The Hall–Kier alpha value is -2.02. The fraction of sp³-hybridized carbons (Fsp3) is 0.700. The maximum atomic E-state index is 10.2. The van der Waals surface area contributed by atoms with Gasteiger partial charge in [-0.05, 0) is 32.1 Å². The smallest absolute Gasteiger partial charge is 0.208 e. The van der Waals surface area contributed by atoms with Crippen molar-refractivity contribution < 1.29 is 55.4 Å². The van der Waals surface area contributed by atoms with Crippen molar-refractivity contribution in [1.82, 2.24) is 0 Å². The molecule has 0 saturated carbocycles. The van der Waals surface area contributed by atoms with E-state index in [-0.39, 0.29) is 18.4 Å². The normalized spacial score (nSPS) is 27.4. The third-order valence-corrected chi connectivity index (χ3v) is 5.31. The Bertz CT molecular complexity index is 761. The number of hydrogen-bond donors (Lipinski definition) is 9. The van der Waals surface area contributed by atoms with E-state index in [2.05, 4.69) is 0 Å². The summed E-state index contributed by atoms with van der Waals surface area (Å²) in [6, 6.07) is 0. The maximum absolute atomic E-state index is 10.2. The third kappa shape index (κ3) is 5.25. The molecule has 1 aliphatic rings. The van der Waals surface area contributed by atoms with E-state index in [0.717, 1.165) is 0 Å². The highest BCUT2D eigenvalue weighted by atomic mass is 16.7. The van der Waals surface area contributed by atoms with Gasteiger partial charge in [0.25, 0.3) is 0 Å². The van der Waals surface area contributed by atoms with Crippen LogP contribution in [0.25, 0.3) is 0 Å². The fourth-order valence-electron chi connectivity index (χ4n) is 4.12. The molecule has 1 fully saturated rings. The summed E-state index contributed by atoms with van der Waals surface area (Å²) in [5.41, 5.74) is -1.92. The van der Waals surface area contributed by atoms with Gasteiger partial charge in [0.2, 0.25) is 17.2 Å². The van der Waals surface area contributed by atoms with E-state index in [0.29, 0.717) is 0 Å². The number of aliphatic hydroxyl groups excluding tert-OH is 4. The summed E-state index contributed by atoms with van der Waals surface area (Å²) in [7, 11) is 0. The van der Waals surface area contributed by atoms with E-state index >= 15 is 0 Å². The summed E-state index contributed by atoms with van der Waals surface area (Å²) in [5, 5.41) is 88.6. The van der Waals surface area contributed by atoms with Crippen LogP contribution >= 0.6 is 0 Å². The molecule has 178 valence electrons. The van der Waals surface area contributed by atoms with Crippen LogP contribution in [-0.2, 0) is 15.9 Å². The number of aliphatic hydroxyl groups is 4. The third-order valence-electron chi connectivity index (χ3n) is 5.31. The zero-order valence-electron chi connectivity index (χ0n) is 17.8. The van der Waals surface area contributed by atoms with Crippen molar-refractivity contribution in [3.63, 3.8) is 0 Å². The summed E-state index contributed by atoms with van der Waals surface area (Å²) in [4.78, 5) is 0. The Kier molecular flexibility index (Phi) is 7.20. The van der Waals surface area contributed by atoms with Gasteiger partial charge in [-0.3, -0.25) is 0 Å². The molecular formula is C20H32O11. The average Bonchev–Trinajstić information content (AvgIpc) is 2.67. The van der Waals surface area contributed by atoms with Crippen LogP contribution in [0.4, 0.5) is 0 Å². The standard InChI is InChI=1S/C20H32O11/c1-19(2,5-8-10(22)13(25)16(28)14(26)11(8)23)7-20(3,4)31-18-17(29)15(27)12(24)9(6-21)30-18/h9,12,15,17-18,21-29H,5-7H2,1-4H3/t9-,12-,15+,17-,18+/m1/s1. The van der Waals surface area contributed by atoms with Gasteiger partial charge in [0.15, 0.2) is 17.8 Å². The first-order valence-corrected chi connectivity index (χ1v) is 9.78. The van der Waals surface area contributed by atoms with E-state index < -0.39 is 77.1 Å². The second-order valence-electron chi connectivity index (χ2n) is 9.31. The minimum Gasteiger partial charge on any atom is -0.504 e. The van der Waals surface area contributed by atoms with Crippen LogP contribution in [0.3, 0.4) is 0 Å². The summed E-state index contributed by atoms with van der Waals surface area (Å²) in [5.74, 6) is -4.50. The molecule has 1 aromatic carbocycles. The van der Waals surface area contributed by atoms with Crippen LogP contribution in [-0.4, -0.2) is 88.9 Å². The highest BCUT2D eigenvalue weighted by molar-refractivity contribution is 5.67. The lowest BCUT2D eigenvalue weighted by atomic mass is 9.76. The molecular weight excluding hydrogens is 416 g/mol. The second-order valence-corrected chi connectivity index (χ2v) is 9.31. The number of phenols is 5. The average molecular weight is 448 g/mol. The first-order chi connectivity index (χ1) is 14.1. The summed E-state index contributed by atoms with van der Waals surface area (Å²) in [6.07, 6.45) is -6.95. The molecule has 1 aliphatic heterocycles. The molecule has 2 rings (SSSR count). The predicted molar refractivity (Wildman–Crippen MR) is 106 cm³/mol. The number of phenolic OH excluding ortho intramolecular Hbond substituents is 5. The van der Waals surface area contributed by atoms with Gasteiger partial charge in [-0.15, -0.1) is 0 Å². The number of ether oxygens (including phenoxy) is 2. The lowest BCUT2D eigenvalue weighted by molar-refractivity contribution is -0.325. The van der Waals surface area contributed by atoms with Crippen LogP contribution in [0.5, 0.6) is 28.7 Å². The Morgan fingerprint density at radius 3 is 1.74 bits per heavy atom. The molecule has 0 bridgehead atoms. The van der Waals surface area contributed by atoms with Gasteiger partial charge in [0, 0.05) is 5.56 Å². The van der Waals surface area contributed by atoms with E-state index in [9.17, 15) is 46.0 Å². The molecule has 0 aliphatic carbocycles. The first kappa shape index (κ1) is 25.2. The summed E-state index contributed by atoms with van der Waals surface area (Å²) >= 11 is 0. The molecule has 11 heteroatoms. The minimum absolute atomic E-state index is 0.0481. The molecule has 9 N–H and O–H groups in total. The fourth-order valence-corrected chi connectivity index (χ4v) is 4.12. The Morgan fingerprint density at radius 2 is 1.26 bits per heavy atom. The van der Waals surface area contributed by atoms with Crippen molar-refractivity contribution in [2.45, 2.75) is 76.8 Å². The summed E-state index contributed by atoms with van der Waals surface area (Å²) in [6.45, 7) is 6.25. The SMILES string of the molecule is CC(C)(Cc1c(O)c(O)c(O)c(O)c1O)CC(C)(C)O[C@@H]1O[C@H](CO)[C@@H](O)[C@H](O)[C@H]1O. The number of aromatic hydroxyl groups is 5. The zero-order valence-corrected chi connectivity index (χ0v) is 17.8. The van der Waals surface area contributed by atoms with Crippen molar-refractivity contribution in [2.75, 3.05) is 6.61 Å². The molecule has 0 unspecified atom stereocenters. The van der Waals surface area contributed by atoms with E-state index in [1.165, 1.54) is 0 Å². The van der Waals surface area contributed by atoms with E-state index in [1.807, 2.05) is 0 Å². The van der Waals surface area contributed by atoms with Crippen LogP contribution in [0, 0.1) is 5.41 Å². The van der Waals surface area contributed by atoms with E-state index in [4.69, 9.17) is 9.47 Å². The first-order valence-electron chi connectivity index (χ1n) is 9.78. The van der Waals surface area contributed by atoms with Gasteiger partial charge in [0.1, 0.15) is 24.4 Å². The zero-order chi connectivity index (χ0) is 23.9. The van der Waals surface area contributed by atoms with Gasteiger partial charge >= 0.3 is 0 Å². The Morgan fingerprint density at radius 1 is 0.774 bits per heavy atom. The maximum Gasteiger partial charge on any atom is 0.208 e. The van der Waals surface area contributed by atoms with Crippen LogP contribution in [0.15, 0.2) is 0 Å². The molecule has 0 radical (unpaired) electrons. The van der Waals surface area contributed by atoms with E-state index in [1.54, 1.807) is 27.7 Å². The molecule has 1 saturated heterocycles. The van der Waals surface area contributed by atoms with Crippen LogP contribution in [0.2, 0.25) is 0 Å². The second kappa shape index (κ2) is 8.85. The Balaban J connectivity index is 2.19. The lowest BCUT2D eigenvalue weighted by Gasteiger charge is -2.44. The van der Waals surface area contributed by atoms with Crippen molar-refractivity contribution in [3.8, 4) is 28.7 Å². The quantitative estimate of drug-likeness (QED) is 0.197. The molecule has 1 heterocycles. The lowest BCUT2D eigenvalue weighted by Crippen LogP contribution is -2.60. The van der Waals surface area contributed by atoms with Crippen molar-refractivity contribution in [1.29, 1.82) is 0 Å². The van der Waals surface area contributed by atoms with Crippen molar-refractivity contribution >= 4 is 0 Å². The molecule has 0 amide bonds. The van der Waals surface area contributed by atoms with Gasteiger partial charge in [-0.2, -0.15) is 0 Å². The molecule has 0 aromatic heterocycles. The minimum atomic E-state index is -1.59. The van der Waals surface area contributed by atoms with Crippen LogP contribution < -0.4 is 0 Å². The highest BCUT2D eigenvalue weighted by Crippen LogP contribution is 2.52. The largest absolute Gasteiger partial charge is 0.504 e. The monoisotopic (exact) mass is 448 g/mol. The van der Waals surface area contributed by atoms with Crippen molar-refractivity contribution in [3.05, 3.63) is 5.56 Å². The van der Waals surface area contributed by atoms with Gasteiger partial charge in [-0.25, -0.2) is 0 Å². The molecule has 11 nitrogen and oxygen atoms in total. The predicted octanol–water partition coefficient (Wildman–Crippen LogP) is -0.232. The molecule has 1 aromatic rings. The van der Waals surface area contributed by atoms with Gasteiger partial charge in [-0.1, -0.05) is 13.8 Å². The van der Waals surface area contributed by atoms with Crippen LogP contribution in [0.1, 0.15) is 39.7 Å². The Labute approximate surface area is 179 Å².